The lowest BCUT2D eigenvalue weighted by atomic mass is 9.76. The third-order valence-electron chi connectivity index (χ3n) is 5.64. The molecule has 164 valence electrons. The van der Waals surface area contributed by atoms with Crippen LogP contribution in [0.4, 0.5) is 13.2 Å². The molecule has 1 amide bonds. The maximum absolute atomic E-state index is 13.6. The Labute approximate surface area is 176 Å². The van der Waals surface area contributed by atoms with E-state index in [1.165, 1.54) is 6.07 Å². The van der Waals surface area contributed by atoms with E-state index >= 15 is 0 Å². The van der Waals surface area contributed by atoms with E-state index in [4.69, 9.17) is 10.3 Å². The molecule has 0 radical (unpaired) electrons. The lowest BCUT2D eigenvalue weighted by Crippen LogP contribution is -2.24. The van der Waals surface area contributed by atoms with Crippen molar-refractivity contribution in [2.75, 3.05) is 0 Å². The molecule has 4 rings (SSSR count). The van der Waals surface area contributed by atoms with Crippen LogP contribution >= 0.6 is 0 Å². The van der Waals surface area contributed by atoms with Gasteiger partial charge in [-0.1, -0.05) is 19.0 Å². The minimum absolute atomic E-state index is 0.0743. The number of hydrogen-bond acceptors (Lipinski definition) is 5. The zero-order valence-corrected chi connectivity index (χ0v) is 17.4. The summed E-state index contributed by atoms with van der Waals surface area (Å²) in [5.74, 6) is -1.11. The van der Waals surface area contributed by atoms with Gasteiger partial charge in [-0.2, -0.15) is 23.3 Å². The molecule has 0 saturated heterocycles. The summed E-state index contributed by atoms with van der Waals surface area (Å²) in [6.07, 6.45) is -2.15. The fraction of sp³-hybridized carbons (Fsp3) is 0.429. The number of carbonyl (C=O) groups excluding carboxylic acids is 1. The minimum Gasteiger partial charge on any atom is -0.366 e. The molecule has 31 heavy (non-hydrogen) atoms. The Morgan fingerprint density at radius 1 is 1.32 bits per heavy atom. The molecule has 0 bridgehead atoms. The summed E-state index contributed by atoms with van der Waals surface area (Å²) < 4.78 is 48.0. The van der Waals surface area contributed by atoms with Crippen molar-refractivity contribution >= 4 is 5.91 Å². The van der Waals surface area contributed by atoms with Gasteiger partial charge in [0.2, 0.25) is 11.7 Å². The van der Waals surface area contributed by atoms with Crippen molar-refractivity contribution < 1.29 is 22.5 Å². The fourth-order valence-electron chi connectivity index (χ4n) is 3.99. The first-order chi connectivity index (χ1) is 14.5. The first-order valence-corrected chi connectivity index (χ1v) is 9.94. The molecule has 1 aliphatic carbocycles. The Bertz CT molecular complexity index is 1160. The van der Waals surface area contributed by atoms with Crippen LogP contribution in [-0.2, 0) is 25.6 Å². The third-order valence-corrected chi connectivity index (χ3v) is 5.64. The van der Waals surface area contributed by atoms with Crippen molar-refractivity contribution in [1.29, 1.82) is 0 Å². The lowest BCUT2D eigenvalue weighted by molar-refractivity contribution is -0.137. The van der Waals surface area contributed by atoms with Crippen LogP contribution < -0.4 is 5.73 Å². The number of halogens is 3. The van der Waals surface area contributed by atoms with Gasteiger partial charge in [-0.3, -0.25) is 9.48 Å². The normalized spacial score (nSPS) is 15.7. The predicted molar refractivity (Wildman–Crippen MR) is 106 cm³/mol. The number of nitrogens with zero attached hydrogens (tertiary/aromatic N) is 4. The van der Waals surface area contributed by atoms with E-state index in [2.05, 4.69) is 29.1 Å². The van der Waals surface area contributed by atoms with Crippen LogP contribution in [0.5, 0.6) is 0 Å². The number of hydrogen-bond donors (Lipinski definition) is 1. The molecule has 1 aliphatic rings. The number of primary amides is 1. The first-order valence-electron chi connectivity index (χ1n) is 9.94. The van der Waals surface area contributed by atoms with Gasteiger partial charge in [-0.15, -0.1) is 0 Å². The molecule has 0 atom stereocenters. The molecule has 0 unspecified atom stereocenters. The van der Waals surface area contributed by atoms with Crippen molar-refractivity contribution in [1.82, 2.24) is 19.9 Å². The molecule has 1 aromatic carbocycles. The van der Waals surface area contributed by atoms with Gasteiger partial charge in [0.15, 0.2) is 5.69 Å². The molecule has 0 aliphatic heterocycles. The Morgan fingerprint density at radius 2 is 2.06 bits per heavy atom. The van der Waals surface area contributed by atoms with Crippen LogP contribution in [0.2, 0.25) is 0 Å². The van der Waals surface area contributed by atoms with E-state index in [9.17, 15) is 18.0 Å². The summed E-state index contributed by atoms with van der Waals surface area (Å²) in [6, 6.07) is 3.03. The third kappa shape index (κ3) is 3.82. The number of carbonyl (C=O) groups is 1. The topological polar surface area (TPSA) is 99.8 Å². The van der Waals surface area contributed by atoms with Gasteiger partial charge in [0.1, 0.15) is 0 Å². The second-order valence-electron chi connectivity index (χ2n) is 8.48. The highest BCUT2D eigenvalue weighted by Gasteiger charge is 2.36. The smallest absolute Gasteiger partial charge is 0.366 e. The van der Waals surface area contributed by atoms with Crippen molar-refractivity contribution in [3.05, 3.63) is 40.6 Å². The van der Waals surface area contributed by atoms with Crippen LogP contribution in [0, 0.1) is 5.41 Å². The molecular weight excluding hydrogens is 411 g/mol. The minimum atomic E-state index is -4.73. The maximum atomic E-state index is 13.6. The number of benzene rings is 1. The monoisotopic (exact) mass is 433 g/mol. The van der Waals surface area contributed by atoms with E-state index in [0.717, 1.165) is 36.6 Å². The SMILES string of the molecule is CCn1nc(-c2nc(-c3ccc(C(N)=O)cc3C(F)(F)F)no2)c2c1CC(C)(C)CC2. The fourth-order valence-corrected chi connectivity index (χ4v) is 3.99. The van der Waals surface area contributed by atoms with Crippen molar-refractivity contribution in [3.63, 3.8) is 0 Å². The number of fused-ring (bicyclic) bond motifs is 1. The maximum Gasteiger partial charge on any atom is 0.417 e. The Morgan fingerprint density at radius 3 is 2.71 bits per heavy atom. The van der Waals surface area contributed by atoms with Crippen molar-refractivity contribution in [3.8, 4) is 23.0 Å². The summed E-state index contributed by atoms with van der Waals surface area (Å²) in [6.45, 7) is 7.03. The molecule has 0 fully saturated rings. The number of rotatable bonds is 4. The van der Waals surface area contributed by atoms with Gasteiger partial charge in [0.25, 0.3) is 5.89 Å². The molecule has 10 heteroatoms. The molecule has 2 N–H and O–H groups in total. The molecule has 0 spiro atoms. The van der Waals surface area contributed by atoms with Gasteiger partial charge in [-0.05, 0) is 49.8 Å². The van der Waals surface area contributed by atoms with Crippen LogP contribution in [-0.4, -0.2) is 25.8 Å². The standard InChI is InChI=1S/C21H22F3N5O2/c1-4-29-15-10-20(2,3)8-7-13(15)16(27-29)19-26-18(28-31-19)12-6-5-11(17(25)30)9-14(12)21(22,23)24/h5-6,9H,4,7-8,10H2,1-3H3,(H2,25,30). The van der Waals surface area contributed by atoms with Crippen LogP contribution in [0.25, 0.3) is 23.0 Å². The summed E-state index contributed by atoms with van der Waals surface area (Å²) in [4.78, 5) is 15.5. The summed E-state index contributed by atoms with van der Waals surface area (Å²) in [5.41, 5.74) is 6.26. The van der Waals surface area contributed by atoms with Crippen LogP contribution in [0.1, 0.15) is 54.4 Å². The number of aromatic nitrogens is 4. The number of aryl methyl sites for hydroxylation is 1. The second kappa shape index (κ2) is 7.21. The summed E-state index contributed by atoms with van der Waals surface area (Å²) in [7, 11) is 0. The Kier molecular flexibility index (Phi) is 4.90. The molecular formula is C21H22F3N5O2. The highest BCUT2D eigenvalue weighted by molar-refractivity contribution is 5.93. The van der Waals surface area contributed by atoms with Gasteiger partial charge in [0.05, 0.1) is 5.56 Å². The molecule has 2 heterocycles. The number of nitrogens with two attached hydrogens (primary N) is 1. The van der Waals surface area contributed by atoms with E-state index in [-0.39, 0.29) is 28.3 Å². The summed E-state index contributed by atoms with van der Waals surface area (Å²) >= 11 is 0. The highest BCUT2D eigenvalue weighted by Crippen LogP contribution is 2.40. The Balaban J connectivity index is 1.79. The average molecular weight is 433 g/mol. The van der Waals surface area contributed by atoms with Gasteiger partial charge < -0.3 is 10.3 Å². The molecule has 3 aromatic rings. The molecule has 7 nitrogen and oxygen atoms in total. The number of amides is 1. The van der Waals surface area contributed by atoms with Crippen LogP contribution in [0.3, 0.4) is 0 Å². The number of alkyl halides is 3. The van der Waals surface area contributed by atoms with Gasteiger partial charge in [-0.25, -0.2) is 0 Å². The lowest BCUT2D eigenvalue weighted by Gasteiger charge is -2.30. The van der Waals surface area contributed by atoms with Gasteiger partial charge >= 0.3 is 6.18 Å². The largest absolute Gasteiger partial charge is 0.417 e. The molecule has 0 saturated carbocycles. The van der Waals surface area contributed by atoms with Crippen molar-refractivity contribution in [2.45, 2.75) is 52.8 Å². The van der Waals surface area contributed by atoms with Crippen molar-refractivity contribution in [2.24, 2.45) is 11.1 Å². The zero-order chi connectivity index (χ0) is 22.6. The molecule has 2 aromatic heterocycles. The van der Waals surface area contributed by atoms with E-state index in [1.807, 2.05) is 11.6 Å². The predicted octanol–water partition coefficient (Wildman–Crippen LogP) is 4.25. The highest BCUT2D eigenvalue weighted by atomic mass is 19.4. The summed E-state index contributed by atoms with van der Waals surface area (Å²) in [5, 5.41) is 8.37. The quantitative estimate of drug-likeness (QED) is 0.663. The second-order valence-corrected chi connectivity index (χ2v) is 8.48. The zero-order valence-electron chi connectivity index (χ0n) is 17.4. The van der Waals surface area contributed by atoms with E-state index in [0.29, 0.717) is 18.3 Å². The van der Waals surface area contributed by atoms with Gasteiger partial charge in [0, 0.05) is 28.9 Å². The first kappa shape index (κ1) is 21.1. The average Bonchev–Trinajstić information content (AvgIpc) is 3.30. The van der Waals surface area contributed by atoms with Crippen LogP contribution in [0.15, 0.2) is 22.7 Å². The Hall–Kier alpha value is -3.17. The van der Waals surface area contributed by atoms with E-state index < -0.39 is 17.6 Å². The van der Waals surface area contributed by atoms with E-state index in [1.54, 1.807) is 0 Å².